The topological polar surface area (TPSA) is 75.5 Å². The number of pyridine rings is 1. The SMILES string of the molecule is CCOSOc1cc(C2CC2)cnc1-n1ncc(OCC(C)(F)F)cc1=O. The average Bonchev–Trinajstić information content (AvgIpc) is 3.45. The van der Waals surface area contributed by atoms with Crippen LogP contribution in [0.15, 0.2) is 29.3 Å². The van der Waals surface area contributed by atoms with Gasteiger partial charge in [0.2, 0.25) is 18.1 Å². The Kier molecular flexibility index (Phi) is 5.95. The number of hydrogen-bond acceptors (Lipinski definition) is 7. The lowest BCUT2D eigenvalue weighted by Gasteiger charge is -2.13. The first kappa shape index (κ1) is 19.6. The number of hydrogen-bond donors (Lipinski definition) is 0. The highest BCUT2D eigenvalue weighted by Gasteiger charge is 2.26. The third-order valence-electron chi connectivity index (χ3n) is 3.66. The highest BCUT2D eigenvalue weighted by molar-refractivity contribution is 7.90. The van der Waals surface area contributed by atoms with E-state index < -0.39 is 18.1 Å². The van der Waals surface area contributed by atoms with Crippen molar-refractivity contribution in [1.29, 1.82) is 0 Å². The van der Waals surface area contributed by atoms with Crippen molar-refractivity contribution in [3.63, 3.8) is 0 Å². The number of ether oxygens (including phenoxy) is 1. The van der Waals surface area contributed by atoms with E-state index in [1.54, 1.807) is 6.20 Å². The molecule has 7 nitrogen and oxygen atoms in total. The van der Waals surface area contributed by atoms with Crippen molar-refractivity contribution in [3.05, 3.63) is 40.4 Å². The summed E-state index contributed by atoms with van der Waals surface area (Å²) in [7, 11) is 0. The van der Waals surface area contributed by atoms with Gasteiger partial charge < -0.3 is 8.92 Å². The van der Waals surface area contributed by atoms with Crippen molar-refractivity contribution in [3.8, 4) is 17.3 Å². The van der Waals surface area contributed by atoms with Crippen LogP contribution in [0.2, 0.25) is 0 Å². The quantitative estimate of drug-likeness (QED) is 0.472. The van der Waals surface area contributed by atoms with Gasteiger partial charge in [-0.2, -0.15) is 9.78 Å². The number of alkyl halides is 2. The van der Waals surface area contributed by atoms with Gasteiger partial charge >= 0.3 is 0 Å². The molecule has 1 fully saturated rings. The maximum absolute atomic E-state index is 12.9. The summed E-state index contributed by atoms with van der Waals surface area (Å²) in [5.74, 6) is -2.09. The van der Waals surface area contributed by atoms with Crippen molar-refractivity contribution in [1.82, 2.24) is 14.8 Å². The zero-order valence-electron chi connectivity index (χ0n) is 14.9. The molecule has 0 radical (unpaired) electrons. The molecule has 0 N–H and O–H groups in total. The summed E-state index contributed by atoms with van der Waals surface area (Å²) in [5, 5.41) is 3.97. The van der Waals surface area contributed by atoms with Crippen molar-refractivity contribution in [2.75, 3.05) is 13.2 Å². The Labute approximate surface area is 159 Å². The molecule has 0 atom stereocenters. The fourth-order valence-electron chi connectivity index (χ4n) is 2.26. The van der Waals surface area contributed by atoms with E-state index in [0.29, 0.717) is 18.3 Å². The van der Waals surface area contributed by atoms with Crippen molar-refractivity contribution < 1.29 is 21.9 Å². The highest BCUT2D eigenvalue weighted by Crippen LogP contribution is 2.41. The fourth-order valence-corrected chi connectivity index (χ4v) is 2.60. The summed E-state index contributed by atoms with van der Waals surface area (Å²) >= 11 is 0.785. The van der Waals surface area contributed by atoms with E-state index in [4.69, 9.17) is 13.1 Å². The lowest BCUT2D eigenvalue weighted by Crippen LogP contribution is -2.24. The molecule has 1 saturated carbocycles. The molecule has 10 heteroatoms. The molecule has 3 rings (SSSR count). The number of aromatic nitrogens is 3. The van der Waals surface area contributed by atoms with Crippen molar-refractivity contribution in [2.45, 2.75) is 38.5 Å². The van der Waals surface area contributed by atoms with Gasteiger partial charge in [0.1, 0.15) is 5.75 Å². The third kappa shape index (κ3) is 5.39. The Bertz CT molecular complexity index is 853. The zero-order chi connectivity index (χ0) is 19.4. The van der Waals surface area contributed by atoms with Gasteiger partial charge in [0.25, 0.3) is 11.5 Å². The van der Waals surface area contributed by atoms with Crippen LogP contribution in [0.1, 0.15) is 38.2 Å². The van der Waals surface area contributed by atoms with E-state index in [-0.39, 0.29) is 11.6 Å². The molecule has 0 unspecified atom stereocenters. The van der Waals surface area contributed by atoms with Gasteiger partial charge in [-0.15, -0.1) is 0 Å². The molecule has 0 saturated heterocycles. The largest absolute Gasteiger partial charge is 0.485 e. The summed E-state index contributed by atoms with van der Waals surface area (Å²) in [6, 6.07) is 2.89. The minimum absolute atomic E-state index is 0.0430. The Balaban J connectivity index is 1.86. The van der Waals surface area contributed by atoms with Crippen LogP contribution in [0.3, 0.4) is 0 Å². The molecule has 1 aliphatic rings. The predicted octanol–water partition coefficient (Wildman–Crippen LogP) is 3.52. The van der Waals surface area contributed by atoms with Crippen LogP contribution < -0.4 is 14.5 Å². The molecular weight excluding hydrogens is 380 g/mol. The molecule has 0 aromatic carbocycles. The molecule has 0 bridgehead atoms. The second-order valence-electron chi connectivity index (χ2n) is 6.22. The number of halogens is 2. The third-order valence-corrected chi connectivity index (χ3v) is 4.24. The van der Waals surface area contributed by atoms with Gasteiger partial charge in [-0.05, 0) is 37.3 Å². The summed E-state index contributed by atoms with van der Waals surface area (Å²) in [4.78, 5) is 16.7. The predicted molar refractivity (Wildman–Crippen MR) is 95.6 cm³/mol. The Morgan fingerprint density at radius 3 is 2.74 bits per heavy atom. The van der Waals surface area contributed by atoms with Crippen LogP contribution in [0.25, 0.3) is 5.82 Å². The molecule has 2 aromatic heterocycles. The summed E-state index contributed by atoms with van der Waals surface area (Å²) in [6.07, 6.45) is 5.04. The first-order valence-electron chi connectivity index (χ1n) is 8.44. The highest BCUT2D eigenvalue weighted by atomic mass is 32.2. The van der Waals surface area contributed by atoms with Crippen LogP contribution in [0.4, 0.5) is 8.78 Å². The summed E-state index contributed by atoms with van der Waals surface area (Å²) in [5.41, 5.74) is 0.439. The summed E-state index contributed by atoms with van der Waals surface area (Å²) < 4.78 is 42.4. The van der Waals surface area contributed by atoms with Crippen molar-refractivity contribution >= 4 is 12.3 Å². The average molecular weight is 399 g/mol. The minimum Gasteiger partial charge on any atom is -0.485 e. The number of rotatable bonds is 9. The van der Waals surface area contributed by atoms with Gasteiger partial charge in [0.05, 0.1) is 12.8 Å². The van der Waals surface area contributed by atoms with Crippen molar-refractivity contribution in [2.24, 2.45) is 0 Å². The molecule has 27 heavy (non-hydrogen) atoms. The minimum atomic E-state index is -3.01. The molecule has 2 aromatic rings. The molecule has 146 valence electrons. The van der Waals surface area contributed by atoms with E-state index in [0.717, 1.165) is 48.4 Å². The van der Waals surface area contributed by atoms with Gasteiger partial charge in [0.15, 0.2) is 12.4 Å². The van der Waals surface area contributed by atoms with Crippen LogP contribution in [-0.2, 0) is 4.18 Å². The second kappa shape index (κ2) is 8.22. The Morgan fingerprint density at radius 2 is 2.11 bits per heavy atom. The van der Waals surface area contributed by atoms with E-state index in [1.165, 1.54) is 6.20 Å². The molecule has 0 aliphatic heterocycles. The molecular formula is C17H19F2N3O4S. The first-order valence-corrected chi connectivity index (χ1v) is 9.10. The standard InChI is InChI=1S/C17H19F2N3O4S/c1-3-25-27-26-14-6-12(11-4-5-11)8-20-16(14)22-15(23)7-13(9-21-22)24-10-17(2,18)19/h6-9,11H,3-5,10H2,1-2H3. The lowest BCUT2D eigenvalue weighted by atomic mass is 10.2. The molecule has 2 heterocycles. The maximum atomic E-state index is 12.9. The summed E-state index contributed by atoms with van der Waals surface area (Å²) in [6.45, 7) is 2.15. The molecule has 1 aliphatic carbocycles. The normalized spacial score (nSPS) is 14.2. The maximum Gasteiger partial charge on any atom is 0.278 e. The van der Waals surface area contributed by atoms with Gasteiger partial charge in [-0.3, -0.25) is 8.98 Å². The van der Waals surface area contributed by atoms with Crippen LogP contribution >= 0.6 is 12.3 Å². The Morgan fingerprint density at radius 1 is 1.33 bits per heavy atom. The molecule has 0 amide bonds. The zero-order valence-corrected chi connectivity index (χ0v) is 15.7. The van der Waals surface area contributed by atoms with E-state index in [2.05, 4.69) is 10.1 Å². The van der Waals surface area contributed by atoms with E-state index >= 15 is 0 Å². The van der Waals surface area contributed by atoms with Crippen LogP contribution in [-0.4, -0.2) is 33.9 Å². The van der Waals surface area contributed by atoms with Crippen LogP contribution in [0, 0.1) is 0 Å². The second-order valence-corrected chi connectivity index (χ2v) is 6.76. The fraction of sp³-hybridized carbons (Fsp3) is 0.471. The Hall–Kier alpha value is -2.20. The molecule has 0 spiro atoms. The van der Waals surface area contributed by atoms with E-state index in [9.17, 15) is 13.6 Å². The lowest BCUT2D eigenvalue weighted by molar-refractivity contribution is -0.0231. The van der Waals surface area contributed by atoms with Gasteiger partial charge in [-0.1, -0.05) is 0 Å². The van der Waals surface area contributed by atoms with Gasteiger partial charge in [0, 0.05) is 19.2 Å². The van der Waals surface area contributed by atoms with Crippen LogP contribution in [0.5, 0.6) is 11.5 Å². The smallest absolute Gasteiger partial charge is 0.278 e. The number of nitrogens with zero attached hydrogens (tertiary/aromatic N) is 3. The monoisotopic (exact) mass is 399 g/mol. The first-order chi connectivity index (χ1) is 12.9. The van der Waals surface area contributed by atoms with E-state index in [1.807, 2.05) is 13.0 Å². The van der Waals surface area contributed by atoms with Gasteiger partial charge in [-0.25, -0.2) is 13.8 Å².